The number of hydrogen-bond donors (Lipinski definition) is 1. The van der Waals surface area contributed by atoms with Gasteiger partial charge in [0.1, 0.15) is 6.20 Å². The number of rotatable bonds is 7. The lowest BCUT2D eigenvalue weighted by atomic mass is 9.96. The number of piperidine rings is 1. The maximum Gasteiger partial charge on any atom is 0.381 e. The average molecular weight is 323 g/mol. The summed E-state index contributed by atoms with van der Waals surface area (Å²) in [4.78, 5) is 28.3. The van der Waals surface area contributed by atoms with E-state index in [2.05, 4.69) is 17.2 Å². The van der Waals surface area contributed by atoms with E-state index in [-0.39, 0.29) is 11.7 Å². The summed E-state index contributed by atoms with van der Waals surface area (Å²) < 4.78 is 1.67. The highest BCUT2D eigenvalue weighted by Crippen LogP contribution is 2.17. The molecule has 1 fully saturated rings. The van der Waals surface area contributed by atoms with Crippen molar-refractivity contribution < 1.29 is 9.72 Å². The van der Waals surface area contributed by atoms with Crippen molar-refractivity contribution in [2.45, 2.75) is 39.7 Å². The number of nitrogens with one attached hydrogen (secondary N) is 1. The summed E-state index contributed by atoms with van der Waals surface area (Å²) in [5.41, 5.74) is 0. The van der Waals surface area contributed by atoms with Gasteiger partial charge in [-0.2, -0.15) is 0 Å². The second-order valence-corrected chi connectivity index (χ2v) is 5.98. The summed E-state index contributed by atoms with van der Waals surface area (Å²) in [6.45, 7) is 7.86. The van der Waals surface area contributed by atoms with Gasteiger partial charge in [0.05, 0.1) is 0 Å². The number of nitrogens with zero attached hydrogens (tertiary/aromatic N) is 4. The minimum Gasteiger partial charge on any atom is -0.358 e. The molecule has 1 aromatic heterocycles. The Labute approximate surface area is 136 Å². The maximum atomic E-state index is 12.3. The Morgan fingerprint density at radius 1 is 1.48 bits per heavy atom. The lowest BCUT2D eigenvalue weighted by Crippen LogP contribution is -2.41. The third-order valence-corrected chi connectivity index (χ3v) is 4.37. The molecule has 0 unspecified atom stereocenters. The molecule has 1 amide bonds. The number of nitro groups is 1. The molecule has 1 saturated heterocycles. The number of carbonyl (C=O) groups excluding carboxylic acids is 1. The van der Waals surface area contributed by atoms with Crippen molar-refractivity contribution in [2.24, 2.45) is 5.92 Å². The lowest BCUT2D eigenvalue weighted by Gasteiger charge is -2.32. The second-order valence-electron chi connectivity index (χ2n) is 5.98. The first-order valence-electron chi connectivity index (χ1n) is 8.18. The zero-order valence-corrected chi connectivity index (χ0v) is 13.8. The van der Waals surface area contributed by atoms with Crippen LogP contribution in [0.4, 0.5) is 5.82 Å². The molecule has 1 aliphatic rings. The zero-order valence-electron chi connectivity index (χ0n) is 13.8. The van der Waals surface area contributed by atoms with Crippen molar-refractivity contribution in [3.63, 3.8) is 0 Å². The Hall–Kier alpha value is -1.96. The van der Waals surface area contributed by atoms with Crippen LogP contribution in [0.5, 0.6) is 0 Å². The lowest BCUT2D eigenvalue weighted by molar-refractivity contribution is -0.389. The van der Waals surface area contributed by atoms with Crippen LogP contribution in [0.15, 0.2) is 6.20 Å². The Morgan fingerprint density at radius 3 is 2.74 bits per heavy atom. The van der Waals surface area contributed by atoms with Crippen LogP contribution in [0.1, 0.15) is 32.0 Å². The standard InChI is InChI=1S/C15H25N5O3/c1-3-16-10-13-4-7-18(8-5-13)15(21)6-9-19-11-14(20(22)23)17-12(19)2/h11,13,16H,3-10H2,1-2H3. The van der Waals surface area contributed by atoms with Crippen LogP contribution >= 0.6 is 0 Å². The third-order valence-electron chi connectivity index (χ3n) is 4.37. The predicted octanol–water partition coefficient (Wildman–Crippen LogP) is 1.34. The smallest absolute Gasteiger partial charge is 0.358 e. The zero-order chi connectivity index (χ0) is 16.8. The third kappa shape index (κ3) is 4.75. The average Bonchev–Trinajstić information content (AvgIpc) is 2.92. The van der Waals surface area contributed by atoms with Gasteiger partial charge in [0.2, 0.25) is 11.7 Å². The minimum atomic E-state index is -0.513. The molecule has 1 N–H and O–H groups in total. The number of likely N-dealkylation sites (tertiary alicyclic amines) is 1. The molecule has 23 heavy (non-hydrogen) atoms. The molecule has 8 nitrogen and oxygen atoms in total. The Kier molecular flexibility index (Phi) is 6.09. The summed E-state index contributed by atoms with van der Waals surface area (Å²) in [6.07, 6.45) is 3.82. The van der Waals surface area contributed by atoms with Gasteiger partial charge < -0.3 is 24.9 Å². The number of carbonyl (C=O) groups is 1. The maximum absolute atomic E-state index is 12.3. The molecule has 0 aliphatic carbocycles. The van der Waals surface area contributed by atoms with E-state index in [1.807, 2.05) is 4.90 Å². The summed E-state index contributed by atoms with van der Waals surface area (Å²) in [5.74, 6) is 1.16. The van der Waals surface area contributed by atoms with E-state index < -0.39 is 4.92 Å². The molecule has 0 bridgehead atoms. The molecule has 2 rings (SSSR count). The summed E-state index contributed by atoms with van der Waals surface area (Å²) in [7, 11) is 0. The molecule has 1 aliphatic heterocycles. The van der Waals surface area contributed by atoms with Gasteiger partial charge in [-0.05, 0) is 41.8 Å². The highest BCUT2D eigenvalue weighted by molar-refractivity contribution is 5.76. The Bertz CT molecular complexity index is 549. The van der Waals surface area contributed by atoms with Gasteiger partial charge in [0, 0.05) is 33.0 Å². The first-order valence-corrected chi connectivity index (χ1v) is 8.18. The van der Waals surface area contributed by atoms with Crippen LogP contribution in [0.3, 0.4) is 0 Å². The van der Waals surface area contributed by atoms with Crippen LogP contribution in [0.25, 0.3) is 0 Å². The van der Waals surface area contributed by atoms with E-state index >= 15 is 0 Å². The van der Waals surface area contributed by atoms with Crippen LogP contribution in [-0.4, -0.2) is 51.5 Å². The van der Waals surface area contributed by atoms with Crippen LogP contribution in [0, 0.1) is 23.0 Å². The van der Waals surface area contributed by atoms with Crippen molar-refractivity contribution in [2.75, 3.05) is 26.2 Å². The van der Waals surface area contributed by atoms with E-state index in [0.29, 0.717) is 24.7 Å². The fourth-order valence-electron chi connectivity index (χ4n) is 2.92. The van der Waals surface area contributed by atoms with Crippen LogP contribution in [0.2, 0.25) is 0 Å². The summed E-state index contributed by atoms with van der Waals surface area (Å²) in [5, 5.41) is 14.1. The molecule has 0 saturated carbocycles. The monoisotopic (exact) mass is 323 g/mol. The first-order chi connectivity index (χ1) is 11.0. The highest BCUT2D eigenvalue weighted by atomic mass is 16.6. The van der Waals surface area contributed by atoms with Crippen molar-refractivity contribution in [3.8, 4) is 0 Å². The number of hydrogen-bond acceptors (Lipinski definition) is 5. The van der Waals surface area contributed by atoms with Gasteiger partial charge in [-0.1, -0.05) is 6.92 Å². The molecule has 0 radical (unpaired) electrons. The van der Waals surface area contributed by atoms with Gasteiger partial charge in [-0.15, -0.1) is 0 Å². The number of imidazole rings is 1. The van der Waals surface area contributed by atoms with Crippen molar-refractivity contribution in [3.05, 3.63) is 22.1 Å². The molecule has 2 heterocycles. The molecule has 8 heteroatoms. The highest BCUT2D eigenvalue weighted by Gasteiger charge is 2.23. The summed E-state index contributed by atoms with van der Waals surface area (Å²) >= 11 is 0. The van der Waals surface area contributed by atoms with Gasteiger partial charge in [-0.3, -0.25) is 4.79 Å². The minimum absolute atomic E-state index is 0.114. The van der Waals surface area contributed by atoms with E-state index in [1.165, 1.54) is 6.20 Å². The normalized spacial score (nSPS) is 15.8. The Morgan fingerprint density at radius 2 is 2.17 bits per heavy atom. The molecular formula is C15H25N5O3. The van der Waals surface area contributed by atoms with Gasteiger partial charge in [0.25, 0.3) is 0 Å². The predicted molar refractivity (Wildman–Crippen MR) is 86.1 cm³/mol. The van der Waals surface area contributed by atoms with E-state index in [1.54, 1.807) is 11.5 Å². The SMILES string of the molecule is CCNCC1CCN(C(=O)CCn2cc([N+](=O)[O-])nc2C)CC1. The molecule has 0 atom stereocenters. The van der Waals surface area contributed by atoms with E-state index in [0.717, 1.165) is 39.0 Å². The summed E-state index contributed by atoms with van der Waals surface area (Å²) in [6, 6.07) is 0. The number of amides is 1. The molecule has 128 valence electrons. The van der Waals surface area contributed by atoms with Crippen molar-refractivity contribution >= 4 is 11.7 Å². The van der Waals surface area contributed by atoms with Crippen molar-refractivity contribution in [1.82, 2.24) is 19.8 Å². The molecule has 0 aromatic carbocycles. The quantitative estimate of drug-likeness (QED) is 0.603. The van der Waals surface area contributed by atoms with Crippen LogP contribution in [-0.2, 0) is 11.3 Å². The van der Waals surface area contributed by atoms with Crippen molar-refractivity contribution in [1.29, 1.82) is 0 Å². The first kappa shape index (κ1) is 17.4. The van der Waals surface area contributed by atoms with E-state index in [9.17, 15) is 14.9 Å². The van der Waals surface area contributed by atoms with Gasteiger partial charge >= 0.3 is 5.82 Å². The van der Waals surface area contributed by atoms with Crippen LogP contribution < -0.4 is 5.32 Å². The largest absolute Gasteiger partial charge is 0.381 e. The van der Waals surface area contributed by atoms with Gasteiger partial charge in [0.15, 0.2) is 0 Å². The van der Waals surface area contributed by atoms with Gasteiger partial charge in [-0.25, -0.2) is 0 Å². The molecular weight excluding hydrogens is 298 g/mol. The van der Waals surface area contributed by atoms with E-state index in [4.69, 9.17) is 0 Å². The topological polar surface area (TPSA) is 93.3 Å². The fraction of sp³-hybridized carbons (Fsp3) is 0.733. The second kappa shape index (κ2) is 8.05. The molecule has 0 spiro atoms. The Balaban J connectivity index is 1.78. The fourth-order valence-corrected chi connectivity index (χ4v) is 2.92. The number of aryl methyl sites for hydroxylation is 2. The number of aromatic nitrogens is 2. The molecule has 1 aromatic rings.